The zero-order chi connectivity index (χ0) is 23.1. The van der Waals surface area contributed by atoms with Gasteiger partial charge in [0.2, 0.25) is 10.9 Å². The Morgan fingerprint density at radius 2 is 1.94 bits per heavy atom. The first-order valence-electron chi connectivity index (χ1n) is 10.9. The Balaban J connectivity index is 1.73. The van der Waals surface area contributed by atoms with Crippen LogP contribution in [-0.4, -0.2) is 22.7 Å². The molecule has 0 saturated carbocycles. The van der Waals surface area contributed by atoms with Gasteiger partial charge in [-0.2, -0.15) is 0 Å². The average Bonchev–Trinajstić information content (AvgIpc) is 3.42. The van der Waals surface area contributed by atoms with E-state index >= 15 is 0 Å². The summed E-state index contributed by atoms with van der Waals surface area (Å²) in [6, 6.07) is 13.8. The van der Waals surface area contributed by atoms with Gasteiger partial charge in [-0.05, 0) is 36.2 Å². The van der Waals surface area contributed by atoms with Crippen LogP contribution in [0.15, 0.2) is 57.7 Å². The van der Waals surface area contributed by atoms with Gasteiger partial charge < -0.3 is 9.15 Å². The summed E-state index contributed by atoms with van der Waals surface area (Å²) in [6.45, 7) is 6.66. The van der Waals surface area contributed by atoms with Gasteiger partial charge in [-0.3, -0.25) is 14.5 Å². The van der Waals surface area contributed by atoms with Crippen LogP contribution in [-0.2, 0) is 0 Å². The molecule has 1 aliphatic heterocycles. The molecule has 0 unspecified atom stereocenters. The summed E-state index contributed by atoms with van der Waals surface area (Å²) in [5.41, 5.74) is 1.23. The highest BCUT2D eigenvalue weighted by molar-refractivity contribution is 7.15. The molecule has 0 aliphatic carbocycles. The predicted molar refractivity (Wildman–Crippen MR) is 127 cm³/mol. The van der Waals surface area contributed by atoms with Crippen molar-refractivity contribution in [3.05, 3.63) is 80.6 Å². The molecule has 0 bridgehead atoms. The lowest BCUT2D eigenvalue weighted by Crippen LogP contribution is -2.29. The second-order valence-electron chi connectivity index (χ2n) is 8.25. The van der Waals surface area contributed by atoms with E-state index in [1.807, 2.05) is 45.0 Å². The van der Waals surface area contributed by atoms with Crippen molar-refractivity contribution in [2.24, 2.45) is 0 Å². The third-order valence-corrected chi connectivity index (χ3v) is 6.78. The lowest BCUT2D eigenvalue weighted by Gasteiger charge is -2.22. The fourth-order valence-electron chi connectivity index (χ4n) is 3.98. The molecule has 0 spiro atoms. The Morgan fingerprint density at radius 1 is 1.12 bits per heavy atom. The summed E-state index contributed by atoms with van der Waals surface area (Å²) < 4.78 is 11.8. The number of hydrogen-bond acceptors (Lipinski definition) is 7. The van der Waals surface area contributed by atoms with E-state index in [0.29, 0.717) is 34.0 Å². The van der Waals surface area contributed by atoms with Gasteiger partial charge in [-0.1, -0.05) is 56.4 Å². The molecular formula is C25H23N3O4S. The van der Waals surface area contributed by atoms with Crippen molar-refractivity contribution in [2.75, 3.05) is 11.5 Å². The van der Waals surface area contributed by atoms with Crippen molar-refractivity contribution in [2.45, 2.75) is 39.2 Å². The minimum atomic E-state index is -0.688. The molecule has 1 atom stereocenters. The summed E-state index contributed by atoms with van der Waals surface area (Å²) in [5, 5.41) is 10.3. The molecule has 0 fully saturated rings. The van der Waals surface area contributed by atoms with Crippen molar-refractivity contribution in [1.82, 2.24) is 10.2 Å². The van der Waals surface area contributed by atoms with E-state index in [1.54, 1.807) is 24.3 Å². The zero-order valence-electron chi connectivity index (χ0n) is 18.6. The summed E-state index contributed by atoms with van der Waals surface area (Å²) in [5.74, 6) is 0.498. The maximum absolute atomic E-state index is 13.6. The molecule has 1 aliphatic rings. The quantitative estimate of drug-likeness (QED) is 0.387. The number of carbonyl (C=O) groups is 1. The van der Waals surface area contributed by atoms with Gasteiger partial charge in [0.05, 0.1) is 23.6 Å². The largest absolute Gasteiger partial charge is 0.494 e. The number of carbonyl (C=O) groups excluding carboxylic acids is 1. The number of hydrogen-bond donors (Lipinski definition) is 0. The van der Waals surface area contributed by atoms with Crippen molar-refractivity contribution in [3.63, 3.8) is 0 Å². The Hall–Kier alpha value is -3.52. The van der Waals surface area contributed by atoms with Crippen molar-refractivity contribution < 1.29 is 13.9 Å². The molecule has 5 rings (SSSR count). The zero-order valence-corrected chi connectivity index (χ0v) is 19.4. The fraction of sp³-hybridized carbons (Fsp3) is 0.280. The third kappa shape index (κ3) is 3.60. The molecular weight excluding hydrogens is 438 g/mol. The number of benzene rings is 2. The molecule has 1 amide bonds. The van der Waals surface area contributed by atoms with E-state index in [0.717, 1.165) is 17.0 Å². The summed E-state index contributed by atoms with van der Waals surface area (Å²) in [7, 11) is 0. The predicted octanol–water partition coefficient (Wildman–Crippen LogP) is 5.31. The fourth-order valence-corrected chi connectivity index (χ4v) is 4.86. The Kier molecular flexibility index (Phi) is 5.46. The SMILES string of the molecule is CCCOc1cccc([C@@H]2c3c(oc4ccccc4c3=O)C(=O)N2c2nnc(C(C)C)s2)c1. The normalized spacial score (nSPS) is 15.5. The summed E-state index contributed by atoms with van der Waals surface area (Å²) in [4.78, 5) is 28.7. The van der Waals surface area contributed by atoms with Crippen molar-refractivity contribution >= 4 is 33.3 Å². The lowest BCUT2D eigenvalue weighted by molar-refractivity contribution is 0.0970. The van der Waals surface area contributed by atoms with Crippen LogP contribution in [0.3, 0.4) is 0 Å². The van der Waals surface area contributed by atoms with Gasteiger partial charge in [0.25, 0.3) is 5.91 Å². The van der Waals surface area contributed by atoms with E-state index in [1.165, 1.54) is 16.2 Å². The average molecular weight is 462 g/mol. The Morgan fingerprint density at radius 3 is 2.70 bits per heavy atom. The van der Waals surface area contributed by atoms with Crippen LogP contribution in [0.5, 0.6) is 5.75 Å². The number of nitrogens with zero attached hydrogens (tertiary/aromatic N) is 3. The number of ether oxygens (including phenoxy) is 1. The van der Waals surface area contributed by atoms with Crippen LogP contribution in [0, 0.1) is 0 Å². The highest BCUT2D eigenvalue weighted by Crippen LogP contribution is 2.43. The number of anilines is 1. The topological polar surface area (TPSA) is 85.5 Å². The first-order valence-corrected chi connectivity index (χ1v) is 11.8. The van der Waals surface area contributed by atoms with Crippen molar-refractivity contribution in [3.8, 4) is 5.75 Å². The van der Waals surface area contributed by atoms with Crippen LogP contribution in [0.25, 0.3) is 11.0 Å². The first kappa shape index (κ1) is 21.3. The van der Waals surface area contributed by atoms with E-state index < -0.39 is 11.9 Å². The van der Waals surface area contributed by atoms with E-state index in [2.05, 4.69) is 10.2 Å². The third-order valence-electron chi connectivity index (χ3n) is 5.55. The van der Waals surface area contributed by atoms with Crippen LogP contribution >= 0.6 is 11.3 Å². The van der Waals surface area contributed by atoms with Gasteiger partial charge in [0, 0.05) is 5.92 Å². The highest BCUT2D eigenvalue weighted by atomic mass is 32.1. The minimum Gasteiger partial charge on any atom is -0.494 e. The van der Waals surface area contributed by atoms with Crippen LogP contribution < -0.4 is 15.1 Å². The lowest BCUT2D eigenvalue weighted by atomic mass is 9.98. The molecule has 168 valence electrons. The molecule has 33 heavy (non-hydrogen) atoms. The molecule has 7 nitrogen and oxygen atoms in total. The second kappa shape index (κ2) is 8.44. The monoisotopic (exact) mass is 461 g/mol. The number of fused-ring (bicyclic) bond motifs is 2. The van der Waals surface area contributed by atoms with Crippen molar-refractivity contribution in [1.29, 1.82) is 0 Å². The van der Waals surface area contributed by atoms with Gasteiger partial charge in [0.15, 0.2) is 5.43 Å². The number of para-hydroxylation sites is 1. The maximum atomic E-state index is 13.6. The second-order valence-corrected chi connectivity index (χ2v) is 9.23. The molecule has 0 N–H and O–H groups in total. The molecule has 4 aromatic rings. The standard InChI is InChI=1S/C25H23N3O4S/c1-4-12-31-16-9-7-8-15(13-16)20-19-21(29)17-10-5-6-11-18(17)32-22(19)24(30)28(20)25-27-26-23(33-25)14(2)3/h5-11,13-14,20H,4,12H2,1-3H3/t20-/m1/s1. The van der Waals surface area contributed by atoms with Gasteiger partial charge >= 0.3 is 0 Å². The first-order chi connectivity index (χ1) is 16.0. The van der Waals surface area contributed by atoms with Crippen LogP contribution in [0.4, 0.5) is 5.13 Å². The molecule has 2 aromatic heterocycles. The van der Waals surface area contributed by atoms with Gasteiger partial charge in [-0.25, -0.2) is 0 Å². The van der Waals surface area contributed by atoms with E-state index in [4.69, 9.17) is 9.15 Å². The summed E-state index contributed by atoms with van der Waals surface area (Å²) in [6.07, 6.45) is 0.874. The van der Waals surface area contributed by atoms with Crippen LogP contribution in [0.1, 0.15) is 65.8 Å². The van der Waals surface area contributed by atoms with Gasteiger partial charge in [0.1, 0.15) is 16.3 Å². The Bertz CT molecular complexity index is 1410. The van der Waals surface area contributed by atoms with Crippen LogP contribution in [0.2, 0.25) is 0 Å². The molecule has 2 aromatic carbocycles. The maximum Gasteiger partial charge on any atom is 0.297 e. The summed E-state index contributed by atoms with van der Waals surface area (Å²) >= 11 is 1.35. The number of amides is 1. The number of rotatable bonds is 6. The molecule has 8 heteroatoms. The van der Waals surface area contributed by atoms with E-state index in [9.17, 15) is 9.59 Å². The minimum absolute atomic E-state index is 0.0462. The molecule has 0 radical (unpaired) electrons. The smallest absolute Gasteiger partial charge is 0.297 e. The molecule has 3 heterocycles. The highest BCUT2D eigenvalue weighted by Gasteiger charge is 2.45. The Labute approximate surface area is 194 Å². The molecule has 0 saturated heterocycles. The van der Waals surface area contributed by atoms with Gasteiger partial charge in [-0.15, -0.1) is 10.2 Å². The number of aromatic nitrogens is 2. The van der Waals surface area contributed by atoms with E-state index in [-0.39, 0.29) is 17.1 Å².